The molecule has 31 heavy (non-hydrogen) atoms. The van der Waals surface area contributed by atoms with Gasteiger partial charge in [0.05, 0.1) is 5.56 Å². The van der Waals surface area contributed by atoms with Crippen molar-refractivity contribution in [1.82, 2.24) is 9.88 Å². The number of pyridine rings is 1. The van der Waals surface area contributed by atoms with Crippen LogP contribution in [0.15, 0.2) is 53.7 Å². The number of nitrogens with zero attached hydrogens (tertiary/aromatic N) is 4. The maximum absolute atomic E-state index is 12.8. The zero-order valence-corrected chi connectivity index (χ0v) is 18.0. The second-order valence-electron chi connectivity index (χ2n) is 7.80. The van der Waals surface area contributed by atoms with Crippen molar-refractivity contribution in [3.8, 4) is 6.19 Å². The summed E-state index contributed by atoms with van der Waals surface area (Å²) in [6, 6.07) is 11.3. The molecule has 2 heterocycles. The fraction of sp³-hybridized carbons (Fsp3) is 0.292. The monoisotopic (exact) mass is 416 g/mol. The van der Waals surface area contributed by atoms with Gasteiger partial charge in [-0.3, -0.25) is 9.78 Å². The number of aryl methyl sites for hydroxylation is 1. The molecule has 0 saturated carbocycles. The third-order valence-corrected chi connectivity index (χ3v) is 5.29. The highest BCUT2D eigenvalue weighted by Gasteiger charge is 2.48. The number of hydrogen-bond acceptors (Lipinski definition) is 6. The van der Waals surface area contributed by atoms with Gasteiger partial charge < -0.3 is 4.74 Å². The Morgan fingerprint density at radius 3 is 2.68 bits per heavy atom. The lowest BCUT2D eigenvalue weighted by Crippen LogP contribution is -2.42. The number of amidine groups is 1. The Morgan fingerprint density at radius 2 is 2.03 bits per heavy atom. The van der Waals surface area contributed by atoms with E-state index in [4.69, 9.17) is 4.74 Å². The molecule has 1 aliphatic rings. The summed E-state index contributed by atoms with van der Waals surface area (Å²) < 4.78 is 5.39. The normalized spacial score (nSPS) is 18.4. The molecule has 2 aromatic rings. The smallest absolute Gasteiger partial charge is 0.340 e. The van der Waals surface area contributed by atoms with Crippen LogP contribution >= 0.6 is 0 Å². The van der Waals surface area contributed by atoms with E-state index >= 15 is 0 Å². The van der Waals surface area contributed by atoms with Crippen LogP contribution in [0, 0.1) is 24.3 Å². The summed E-state index contributed by atoms with van der Waals surface area (Å²) in [7, 11) is 0. The summed E-state index contributed by atoms with van der Waals surface area (Å²) >= 11 is 0. The number of esters is 1. The summed E-state index contributed by atoms with van der Waals surface area (Å²) in [6.07, 6.45) is 7.03. The van der Waals surface area contributed by atoms with Crippen LogP contribution in [0.1, 0.15) is 48.0 Å². The van der Waals surface area contributed by atoms with E-state index in [2.05, 4.69) is 9.98 Å². The molecule has 0 aliphatic carbocycles. The zero-order valence-electron chi connectivity index (χ0n) is 18.0. The third kappa shape index (κ3) is 4.38. The van der Waals surface area contributed by atoms with Gasteiger partial charge in [0.1, 0.15) is 17.8 Å². The number of ether oxygens (including phenoxy) is 1. The SMILES string of the molecule is Cc1cnc(C2=NC(C)(C(C)C)C(=O)N2C#N)c(C(=O)OCC=Cc2ccccc2)c1. The number of carbonyl (C=O) groups is 2. The van der Waals surface area contributed by atoms with Crippen LogP contribution in [0.5, 0.6) is 0 Å². The fourth-order valence-electron chi connectivity index (χ4n) is 3.12. The van der Waals surface area contributed by atoms with Gasteiger partial charge in [-0.2, -0.15) is 10.2 Å². The summed E-state index contributed by atoms with van der Waals surface area (Å²) in [4.78, 5) is 35.4. The van der Waals surface area contributed by atoms with Crippen LogP contribution in [0.25, 0.3) is 6.08 Å². The predicted molar refractivity (Wildman–Crippen MR) is 117 cm³/mol. The number of aliphatic imine (C=N–C) groups is 1. The first-order chi connectivity index (χ1) is 14.8. The Hall–Kier alpha value is -3.79. The summed E-state index contributed by atoms with van der Waals surface area (Å²) in [6.45, 7) is 7.26. The van der Waals surface area contributed by atoms with E-state index in [-0.39, 0.29) is 29.6 Å². The highest BCUT2D eigenvalue weighted by atomic mass is 16.5. The lowest BCUT2D eigenvalue weighted by Gasteiger charge is -2.22. The molecule has 1 unspecified atom stereocenters. The van der Waals surface area contributed by atoms with E-state index in [0.29, 0.717) is 0 Å². The minimum absolute atomic E-state index is 0.0653. The second kappa shape index (κ2) is 8.92. The Morgan fingerprint density at radius 1 is 1.32 bits per heavy atom. The molecule has 0 saturated heterocycles. The molecule has 0 fully saturated rings. The third-order valence-electron chi connectivity index (χ3n) is 5.29. The molecule has 0 radical (unpaired) electrons. The molecule has 0 bridgehead atoms. The molecule has 0 spiro atoms. The van der Waals surface area contributed by atoms with Crippen LogP contribution in [0.2, 0.25) is 0 Å². The lowest BCUT2D eigenvalue weighted by atomic mass is 9.89. The minimum atomic E-state index is -1.10. The quantitative estimate of drug-likeness (QED) is 0.528. The van der Waals surface area contributed by atoms with Crippen molar-refractivity contribution in [2.45, 2.75) is 33.2 Å². The van der Waals surface area contributed by atoms with Crippen molar-refractivity contribution < 1.29 is 14.3 Å². The van der Waals surface area contributed by atoms with Gasteiger partial charge >= 0.3 is 5.97 Å². The molecule has 7 nitrogen and oxygen atoms in total. The van der Waals surface area contributed by atoms with Crippen LogP contribution in [0.3, 0.4) is 0 Å². The summed E-state index contributed by atoms with van der Waals surface area (Å²) in [5, 5.41) is 9.57. The van der Waals surface area contributed by atoms with E-state index in [0.717, 1.165) is 16.0 Å². The van der Waals surface area contributed by atoms with Crippen LogP contribution in [-0.4, -0.2) is 39.7 Å². The minimum Gasteiger partial charge on any atom is -0.458 e. The Balaban J connectivity index is 1.88. The number of nitriles is 1. The van der Waals surface area contributed by atoms with Gasteiger partial charge in [0.25, 0.3) is 5.91 Å². The average Bonchev–Trinajstić information content (AvgIpc) is 3.03. The van der Waals surface area contributed by atoms with Gasteiger partial charge in [-0.25, -0.2) is 9.79 Å². The van der Waals surface area contributed by atoms with E-state index in [1.807, 2.05) is 56.4 Å². The lowest BCUT2D eigenvalue weighted by molar-refractivity contribution is -0.129. The maximum atomic E-state index is 12.8. The number of carbonyl (C=O) groups excluding carboxylic acids is 2. The molecule has 1 atom stereocenters. The first-order valence-electron chi connectivity index (χ1n) is 9.97. The summed E-state index contributed by atoms with van der Waals surface area (Å²) in [5.41, 5.74) is 0.954. The standard InChI is InChI=1S/C24H24N4O3/c1-16(2)24(4)23(30)28(15-25)21(27-24)20-19(13-17(3)14-26-20)22(29)31-12-8-11-18-9-6-5-7-10-18/h5-11,13-14,16H,12H2,1-4H3. The molecule has 1 aromatic carbocycles. The first-order valence-corrected chi connectivity index (χ1v) is 9.97. The molecule has 158 valence electrons. The van der Waals surface area contributed by atoms with Crippen molar-refractivity contribution in [3.05, 3.63) is 71.1 Å². The molecular formula is C24H24N4O3. The maximum Gasteiger partial charge on any atom is 0.340 e. The van der Waals surface area contributed by atoms with E-state index in [9.17, 15) is 14.9 Å². The van der Waals surface area contributed by atoms with Crippen LogP contribution < -0.4 is 0 Å². The molecule has 1 amide bonds. The largest absolute Gasteiger partial charge is 0.458 e. The van der Waals surface area contributed by atoms with E-state index in [1.54, 1.807) is 32.2 Å². The van der Waals surface area contributed by atoms with Crippen LogP contribution in [0.4, 0.5) is 0 Å². The predicted octanol–water partition coefficient (Wildman–Crippen LogP) is 3.74. The molecule has 7 heteroatoms. The Labute approximate surface area is 181 Å². The molecule has 1 aliphatic heterocycles. The van der Waals surface area contributed by atoms with Gasteiger partial charge in [0.2, 0.25) is 0 Å². The average molecular weight is 416 g/mol. The fourth-order valence-corrected chi connectivity index (χ4v) is 3.12. The number of benzene rings is 1. The van der Waals surface area contributed by atoms with Crippen LogP contribution in [-0.2, 0) is 9.53 Å². The van der Waals surface area contributed by atoms with Gasteiger partial charge in [-0.1, -0.05) is 50.3 Å². The van der Waals surface area contributed by atoms with E-state index < -0.39 is 17.4 Å². The highest BCUT2D eigenvalue weighted by Crippen LogP contribution is 2.32. The molecule has 1 aromatic heterocycles. The molecule has 0 N–H and O–H groups in total. The number of amides is 1. The van der Waals surface area contributed by atoms with Crippen molar-refractivity contribution >= 4 is 23.8 Å². The van der Waals surface area contributed by atoms with Gasteiger partial charge in [0.15, 0.2) is 12.0 Å². The van der Waals surface area contributed by atoms with Crippen molar-refractivity contribution in [2.75, 3.05) is 6.61 Å². The van der Waals surface area contributed by atoms with Gasteiger partial charge in [0, 0.05) is 6.20 Å². The number of aromatic nitrogens is 1. The second-order valence-corrected chi connectivity index (χ2v) is 7.80. The highest BCUT2D eigenvalue weighted by molar-refractivity contribution is 6.18. The van der Waals surface area contributed by atoms with Crippen molar-refractivity contribution in [2.24, 2.45) is 10.9 Å². The molecule has 3 rings (SSSR count). The Bertz CT molecular complexity index is 1100. The number of hydrogen-bond donors (Lipinski definition) is 0. The van der Waals surface area contributed by atoms with E-state index in [1.165, 1.54) is 0 Å². The topological polar surface area (TPSA) is 95.6 Å². The van der Waals surface area contributed by atoms with Crippen molar-refractivity contribution in [3.63, 3.8) is 0 Å². The van der Waals surface area contributed by atoms with Crippen molar-refractivity contribution in [1.29, 1.82) is 5.26 Å². The zero-order chi connectivity index (χ0) is 22.6. The van der Waals surface area contributed by atoms with Gasteiger partial charge in [-0.05, 0) is 43.0 Å². The summed E-state index contributed by atoms with van der Waals surface area (Å²) in [5.74, 6) is -1.12. The Kier molecular flexibility index (Phi) is 6.30. The first kappa shape index (κ1) is 21.9. The number of rotatable bonds is 6. The molecular weight excluding hydrogens is 392 g/mol. The van der Waals surface area contributed by atoms with Gasteiger partial charge in [-0.15, -0.1) is 0 Å².